The van der Waals surface area contributed by atoms with Crippen molar-refractivity contribution in [3.63, 3.8) is 0 Å². The number of hydrogen-bond donors (Lipinski definition) is 2. The minimum atomic E-state index is -0.383. The second kappa shape index (κ2) is 7.87. The molecule has 1 aliphatic heterocycles. The molecule has 2 heterocycles. The van der Waals surface area contributed by atoms with Gasteiger partial charge in [-0.1, -0.05) is 11.2 Å². The molecule has 2 aromatic rings. The zero-order valence-corrected chi connectivity index (χ0v) is 15.7. The number of ether oxygens (including phenoxy) is 1. The maximum Gasteiger partial charge on any atom is 0.319 e. The molecule has 2 N–H and O–H groups in total. The molecule has 1 aromatic carbocycles. The fraction of sp³-hybridized carbons (Fsp3) is 0.474. The van der Waals surface area contributed by atoms with Crippen molar-refractivity contribution in [2.45, 2.75) is 38.3 Å². The Morgan fingerprint density at radius 3 is 3.00 bits per heavy atom. The summed E-state index contributed by atoms with van der Waals surface area (Å²) in [6.45, 7) is 0.894. The van der Waals surface area contributed by atoms with Crippen LogP contribution in [0.1, 0.15) is 43.4 Å². The summed E-state index contributed by atoms with van der Waals surface area (Å²) in [5.74, 6) is 2.22. The molecule has 9 heteroatoms. The van der Waals surface area contributed by atoms with Gasteiger partial charge in [-0.15, -0.1) is 0 Å². The van der Waals surface area contributed by atoms with Crippen LogP contribution in [0.5, 0.6) is 5.75 Å². The van der Waals surface area contributed by atoms with E-state index in [9.17, 15) is 9.59 Å². The van der Waals surface area contributed by atoms with E-state index < -0.39 is 0 Å². The number of carbonyl (C=O) groups is 2. The largest absolute Gasteiger partial charge is 0.497 e. The minimum absolute atomic E-state index is 0.128. The molecule has 1 aliphatic carbocycles. The molecular formula is C19H23N5O4. The number of benzene rings is 1. The highest BCUT2D eigenvalue weighted by Gasteiger charge is 2.38. The van der Waals surface area contributed by atoms with Crippen LogP contribution in [0.4, 0.5) is 10.5 Å². The number of likely N-dealkylation sites (tertiary alicyclic amines) is 1. The van der Waals surface area contributed by atoms with E-state index in [0.717, 1.165) is 6.54 Å². The van der Waals surface area contributed by atoms with Crippen LogP contribution in [0.2, 0.25) is 0 Å². The van der Waals surface area contributed by atoms with E-state index in [0.29, 0.717) is 41.9 Å². The van der Waals surface area contributed by atoms with Gasteiger partial charge in [-0.2, -0.15) is 4.98 Å². The predicted molar refractivity (Wildman–Crippen MR) is 99.6 cm³/mol. The van der Waals surface area contributed by atoms with E-state index >= 15 is 0 Å². The fourth-order valence-corrected chi connectivity index (χ4v) is 3.31. The van der Waals surface area contributed by atoms with E-state index in [4.69, 9.17) is 9.26 Å². The Bertz CT molecular complexity index is 864. The average Bonchev–Trinajstić information content (AvgIpc) is 3.27. The Hall–Kier alpha value is -3.10. The Morgan fingerprint density at radius 2 is 2.21 bits per heavy atom. The molecule has 1 aromatic heterocycles. The molecule has 0 unspecified atom stereocenters. The lowest BCUT2D eigenvalue weighted by molar-refractivity contribution is -0.129. The quantitative estimate of drug-likeness (QED) is 0.758. The van der Waals surface area contributed by atoms with Crippen LogP contribution >= 0.6 is 0 Å². The number of amides is 3. The molecular weight excluding hydrogens is 362 g/mol. The molecule has 2 fully saturated rings. The molecule has 0 spiro atoms. The maximum atomic E-state index is 12.1. The van der Waals surface area contributed by atoms with Crippen LogP contribution in [0.3, 0.4) is 0 Å². The molecule has 2 aliphatic rings. The number of nitrogens with zero attached hydrogens (tertiary/aromatic N) is 3. The molecule has 1 atom stereocenters. The SMILES string of the molecule is COc1cccc(NC(=O)NCc2noc([C@@H]3CCC(=O)N3CC3CC3)n2)c1. The van der Waals surface area contributed by atoms with Crippen molar-refractivity contribution in [1.82, 2.24) is 20.4 Å². The van der Waals surface area contributed by atoms with Gasteiger partial charge in [-0.05, 0) is 37.3 Å². The first kappa shape index (κ1) is 18.3. The van der Waals surface area contributed by atoms with Crippen LogP contribution in [-0.2, 0) is 11.3 Å². The smallest absolute Gasteiger partial charge is 0.319 e. The summed E-state index contributed by atoms with van der Waals surface area (Å²) in [5.41, 5.74) is 0.617. The van der Waals surface area contributed by atoms with Crippen LogP contribution < -0.4 is 15.4 Å². The second-order valence-electron chi connectivity index (χ2n) is 7.13. The summed E-state index contributed by atoms with van der Waals surface area (Å²) in [7, 11) is 1.57. The van der Waals surface area contributed by atoms with Crippen molar-refractivity contribution in [2.75, 3.05) is 19.0 Å². The highest BCUT2D eigenvalue weighted by molar-refractivity contribution is 5.89. The third-order valence-electron chi connectivity index (χ3n) is 4.98. The van der Waals surface area contributed by atoms with Gasteiger partial charge in [0, 0.05) is 24.7 Å². The Balaban J connectivity index is 1.31. The van der Waals surface area contributed by atoms with E-state index in [2.05, 4.69) is 20.8 Å². The zero-order valence-electron chi connectivity index (χ0n) is 15.7. The first-order valence-electron chi connectivity index (χ1n) is 9.43. The fourth-order valence-electron chi connectivity index (χ4n) is 3.31. The van der Waals surface area contributed by atoms with Crippen LogP contribution in [0, 0.1) is 5.92 Å². The number of aromatic nitrogens is 2. The van der Waals surface area contributed by atoms with Gasteiger partial charge in [0.25, 0.3) is 0 Å². The molecule has 1 saturated carbocycles. The molecule has 9 nitrogen and oxygen atoms in total. The number of nitrogens with one attached hydrogen (secondary N) is 2. The highest BCUT2D eigenvalue weighted by Crippen LogP contribution is 2.37. The molecule has 0 bridgehead atoms. The molecule has 148 valence electrons. The summed E-state index contributed by atoms with van der Waals surface area (Å²) in [4.78, 5) is 30.4. The average molecular weight is 385 g/mol. The minimum Gasteiger partial charge on any atom is -0.497 e. The number of hydrogen-bond acceptors (Lipinski definition) is 6. The molecule has 0 radical (unpaired) electrons. The van der Waals surface area contributed by atoms with E-state index in [-0.39, 0.29) is 24.5 Å². The molecule has 3 amide bonds. The monoisotopic (exact) mass is 385 g/mol. The lowest BCUT2D eigenvalue weighted by Crippen LogP contribution is -2.30. The van der Waals surface area contributed by atoms with Gasteiger partial charge < -0.3 is 24.8 Å². The number of anilines is 1. The Labute approximate surface area is 162 Å². The first-order chi connectivity index (χ1) is 13.6. The maximum absolute atomic E-state index is 12.1. The van der Waals surface area contributed by atoms with Crippen molar-refractivity contribution < 1.29 is 18.8 Å². The molecule has 28 heavy (non-hydrogen) atoms. The van der Waals surface area contributed by atoms with Crippen molar-refractivity contribution in [1.29, 1.82) is 0 Å². The highest BCUT2D eigenvalue weighted by atomic mass is 16.5. The number of rotatable bonds is 7. The third kappa shape index (κ3) is 4.24. The van der Waals surface area contributed by atoms with Gasteiger partial charge >= 0.3 is 6.03 Å². The first-order valence-corrected chi connectivity index (χ1v) is 9.43. The Morgan fingerprint density at radius 1 is 1.36 bits per heavy atom. The second-order valence-corrected chi connectivity index (χ2v) is 7.13. The Kier molecular flexibility index (Phi) is 5.14. The van der Waals surface area contributed by atoms with Gasteiger partial charge in [-0.25, -0.2) is 4.79 Å². The van der Waals surface area contributed by atoms with Crippen molar-refractivity contribution in [3.8, 4) is 5.75 Å². The van der Waals surface area contributed by atoms with E-state index in [1.54, 1.807) is 31.4 Å². The summed E-state index contributed by atoms with van der Waals surface area (Å²) in [5, 5.41) is 9.35. The van der Waals surface area contributed by atoms with E-state index in [1.165, 1.54) is 12.8 Å². The standard InChI is InChI=1S/C19H23N5O4/c1-27-14-4-2-3-13(9-14)21-19(26)20-10-16-22-18(28-23-16)15-7-8-17(25)24(15)11-12-5-6-12/h2-4,9,12,15H,5-8,10-11H2,1H3,(H2,20,21,26)/t15-/m0/s1. The van der Waals surface area contributed by atoms with Crippen molar-refractivity contribution in [2.24, 2.45) is 5.92 Å². The third-order valence-corrected chi connectivity index (χ3v) is 4.98. The zero-order chi connectivity index (χ0) is 19.5. The van der Waals surface area contributed by atoms with Gasteiger partial charge in [0.15, 0.2) is 5.82 Å². The van der Waals surface area contributed by atoms with Gasteiger partial charge in [-0.3, -0.25) is 4.79 Å². The van der Waals surface area contributed by atoms with Crippen LogP contribution in [0.25, 0.3) is 0 Å². The molecule has 4 rings (SSSR count). The van der Waals surface area contributed by atoms with Crippen LogP contribution in [-0.4, -0.2) is 40.6 Å². The summed E-state index contributed by atoms with van der Waals surface area (Å²) in [6.07, 6.45) is 3.56. The normalized spacial score (nSPS) is 19.0. The van der Waals surface area contributed by atoms with Crippen molar-refractivity contribution in [3.05, 3.63) is 36.0 Å². The number of urea groups is 1. The van der Waals surface area contributed by atoms with Crippen molar-refractivity contribution >= 4 is 17.6 Å². The molecule has 1 saturated heterocycles. The topological polar surface area (TPSA) is 110 Å². The number of methoxy groups -OCH3 is 1. The number of carbonyl (C=O) groups excluding carboxylic acids is 2. The van der Waals surface area contributed by atoms with Gasteiger partial charge in [0.05, 0.1) is 13.7 Å². The summed E-state index contributed by atoms with van der Waals surface area (Å²) < 4.78 is 10.5. The van der Waals surface area contributed by atoms with Gasteiger partial charge in [0.2, 0.25) is 11.8 Å². The van der Waals surface area contributed by atoms with E-state index in [1.807, 2.05) is 4.90 Å². The van der Waals surface area contributed by atoms with Gasteiger partial charge in [0.1, 0.15) is 11.8 Å². The van der Waals surface area contributed by atoms with Crippen LogP contribution in [0.15, 0.2) is 28.8 Å². The predicted octanol–water partition coefficient (Wildman–Crippen LogP) is 2.47. The summed E-state index contributed by atoms with van der Waals surface area (Å²) in [6, 6.07) is 6.53. The lowest BCUT2D eigenvalue weighted by atomic mass is 10.2. The lowest BCUT2D eigenvalue weighted by Gasteiger charge is -2.21. The summed E-state index contributed by atoms with van der Waals surface area (Å²) >= 11 is 0.